The van der Waals surface area contributed by atoms with E-state index in [2.05, 4.69) is 15.9 Å². The molecular weight excluding hydrogens is 280 g/mol. The highest BCUT2D eigenvalue weighted by atomic mass is 16.6. The molecule has 1 aromatic rings. The van der Waals surface area contributed by atoms with Gasteiger partial charge < -0.3 is 24.1 Å². The lowest BCUT2D eigenvalue weighted by Crippen LogP contribution is -2.47. The van der Waals surface area contributed by atoms with Gasteiger partial charge >= 0.3 is 0 Å². The number of carbonyl (C=O) groups excluding carboxylic acids is 1. The number of rotatable bonds is 6. The van der Waals surface area contributed by atoms with Gasteiger partial charge in [0.2, 0.25) is 0 Å². The number of carbonyl (C=O) groups is 1. The van der Waals surface area contributed by atoms with E-state index in [1.807, 2.05) is 12.1 Å². The van der Waals surface area contributed by atoms with Crippen LogP contribution in [0.4, 0.5) is 0 Å². The second-order valence-electron chi connectivity index (χ2n) is 5.83. The highest BCUT2D eigenvalue weighted by Crippen LogP contribution is 2.33. The predicted molar refractivity (Wildman–Crippen MR) is 84.7 cm³/mol. The molecule has 0 spiro atoms. The van der Waals surface area contributed by atoms with Crippen molar-refractivity contribution in [2.45, 2.75) is 12.8 Å². The summed E-state index contributed by atoms with van der Waals surface area (Å²) in [7, 11) is 0. The molecule has 2 heterocycles. The highest BCUT2D eigenvalue weighted by Gasteiger charge is 2.19. The standard InChI is InChI=1S/C17H24N2O3/c20-12-2-6-18-8-10-19(11-9-18)7-5-15-3-1-4-16-17(15)22-14-13-21-16/h1,3-4,12H,2,5-11,13-14H2. The summed E-state index contributed by atoms with van der Waals surface area (Å²) < 4.78 is 11.4. The first-order chi connectivity index (χ1) is 10.9. The number of nitrogens with zero attached hydrogens (tertiary/aromatic N) is 2. The molecule has 5 heteroatoms. The second-order valence-corrected chi connectivity index (χ2v) is 5.83. The molecule has 0 aromatic heterocycles. The number of benzene rings is 1. The summed E-state index contributed by atoms with van der Waals surface area (Å²) >= 11 is 0. The quantitative estimate of drug-likeness (QED) is 0.739. The van der Waals surface area contributed by atoms with E-state index < -0.39 is 0 Å². The van der Waals surface area contributed by atoms with Gasteiger partial charge in [-0.25, -0.2) is 0 Å². The summed E-state index contributed by atoms with van der Waals surface area (Å²) in [4.78, 5) is 15.3. The van der Waals surface area contributed by atoms with Crippen LogP contribution >= 0.6 is 0 Å². The average molecular weight is 304 g/mol. The maximum absolute atomic E-state index is 10.4. The third-order valence-electron chi connectivity index (χ3n) is 4.37. The van der Waals surface area contributed by atoms with Crippen molar-refractivity contribution in [2.75, 3.05) is 52.5 Å². The van der Waals surface area contributed by atoms with Gasteiger partial charge in [0.1, 0.15) is 19.5 Å². The van der Waals surface area contributed by atoms with E-state index in [1.165, 1.54) is 5.56 Å². The first-order valence-electron chi connectivity index (χ1n) is 8.12. The lowest BCUT2D eigenvalue weighted by molar-refractivity contribution is -0.108. The van der Waals surface area contributed by atoms with Gasteiger partial charge in [-0.05, 0) is 18.1 Å². The van der Waals surface area contributed by atoms with Crippen molar-refractivity contribution in [3.05, 3.63) is 23.8 Å². The molecule has 0 saturated carbocycles. The minimum Gasteiger partial charge on any atom is -0.486 e. The summed E-state index contributed by atoms with van der Waals surface area (Å²) in [5.41, 5.74) is 1.24. The number of aldehydes is 1. The molecule has 0 atom stereocenters. The molecule has 0 unspecified atom stereocenters. The van der Waals surface area contributed by atoms with Crippen LogP contribution in [0.1, 0.15) is 12.0 Å². The lowest BCUT2D eigenvalue weighted by atomic mass is 10.1. The van der Waals surface area contributed by atoms with Gasteiger partial charge in [0.15, 0.2) is 11.5 Å². The van der Waals surface area contributed by atoms with Crippen molar-refractivity contribution in [3.63, 3.8) is 0 Å². The van der Waals surface area contributed by atoms with Crippen LogP contribution in [0.3, 0.4) is 0 Å². The Labute approximate surface area is 131 Å². The zero-order valence-electron chi connectivity index (χ0n) is 13.0. The number of piperazine rings is 1. The number of ether oxygens (including phenoxy) is 2. The van der Waals surface area contributed by atoms with Crippen LogP contribution in [0.15, 0.2) is 18.2 Å². The monoisotopic (exact) mass is 304 g/mol. The Hall–Kier alpha value is -1.59. The smallest absolute Gasteiger partial charge is 0.164 e. The Bertz CT molecular complexity index is 499. The fraction of sp³-hybridized carbons (Fsp3) is 0.588. The van der Waals surface area contributed by atoms with E-state index >= 15 is 0 Å². The zero-order chi connectivity index (χ0) is 15.2. The minimum absolute atomic E-state index is 0.638. The average Bonchev–Trinajstić information content (AvgIpc) is 2.59. The minimum atomic E-state index is 0.638. The van der Waals surface area contributed by atoms with E-state index in [4.69, 9.17) is 9.47 Å². The van der Waals surface area contributed by atoms with Crippen LogP contribution < -0.4 is 9.47 Å². The van der Waals surface area contributed by atoms with Crippen LogP contribution in [0, 0.1) is 0 Å². The lowest BCUT2D eigenvalue weighted by Gasteiger charge is -2.34. The normalized spacial score (nSPS) is 19.1. The van der Waals surface area contributed by atoms with E-state index in [0.717, 1.165) is 63.5 Å². The van der Waals surface area contributed by atoms with Crippen LogP contribution in [0.5, 0.6) is 11.5 Å². The first kappa shape index (κ1) is 15.3. The topological polar surface area (TPSA) is 42.0 Å². The fourth-order valence-electron chi connectivity index (χ4n) is 3.08. The number of hydrogen-bond acceptors (Lipinski definition) is 5. The molecule has 0 radical (unpaired) electrons. The molecule has 0 N–H and O–H groups in total. The van der Waals surface area contributed by atoms with Gasteiger partial charge in [-0.3, -0.25) is 0 Å². The molecule has 120 valence electrons. The zero-order valence-corrected chi connectivity index (χ0v) is 13.0. The molecule has 3 rings (SSSR count). The highest BCUT2D eigenvalue weighted by molar-refractivity contribution is 5.49. The molecule has 2 aliphatic rings. The molecule has 22 heavy (non-hydrogen) atoms. The van der Waals surface area contributed by atoms with Crippen LogP contribution in [0.25, 0.3) is 0 Å². The summed E-state index contributed by atoms with van der Waals surface area (Å²) in [6, 6.07) is 6.15. The van der Waals surface area contributed by atoms with Gasteiger partial charge in [-0.2, -0.15) is 0 Å². The number of para-hydroxylation sites is 1. The maximum atomic E-state index is 10.4. The molecule has 1 fully saturated rings. The third kappa shape index (κ3) is 3.78. The van der Waals surface area contributed by atoms with E-state index in [-0.39, 0.29) is 0 Å². The van der Waals surface area contributed by atoms with Gasteiger partial charge in [0.05, 0.1) is 0 Å². The fourth-order valence-corrected chi connectivity index (χ4v) is 3.08. The number of fused-ring (bicyclic) bond motifs is 1. The predicted octanol–water partition coefficient (Wildman–Crippen LogP) is 1.21. The van der Waals surface area contributed by atoms with E-state index in [1.54, 1.807) is 0 Å². The summed E-state index contributed by atoms with van der Waals surface area (Å²) in [6.07, 6.45) is 2.64. The molecule has 0 aliphatic carbocycles. The SMILES string of the molecule is O=CCCN1CCN(CCc2cccc3c2OCCO3)CC1. The Morgan fingerprint density at radius 1 is 1.00 bits per heavy atom. The summed E-state index contributed by atoms with van der Waals surface area (Å²) in [6.45, 7) is 7.48. The Morgan fingerprint density at radius 2 is 1.73 bits per heavy atom. The number of hydrogen-bond donors (Lipinski definition) is 0. The van der Waals surface area contributed by atoms with Crippen molar-refractivity contribution < 1.29 is 14.3 Å². The van der Waals surface area contributed by atoms with Crippen LogP contribution in [0.2, 0.25) is 0 Å². The molecule has 2 aliphatic heterocycles. The second kappa shape index (κ2) is 7.61. The van der Waals surface area contributed by atoms with Crippen molar-refractivity contribution >= 4 is 6.29 Å². The Kier molecular flexibility index (Phi) is 5.29. The van der Waals surface area contributed by atoms with Gasteiger partial charge in [-0.1, -0.05) is 12.1 Å². The van der Waals surface area contributed by atoms with Crippen molar-refractivity contribution in [1.82, 2.24) is 9.80 Å². The molecule has 1 saturated heterocycles. The maximum Gasteiger partial charge on any atom is 0.164 e. The Balaban J connectivity index is 1.49. The summed E-state index contributed by atoms with van der Waals surface area (Å²) in [5, 5.41) is 0. The largest absolute Gasteiger partial charge is 0.486 e. The molecule has 1 aromatic carbocycles. The molecule has 5 nitrogen and oxygen atoms in total. The first-order valence-corrected chi connectivity index (χ1v) is 8.12. The van der Waals surface area contributed by atoms with Gasteiger partial charge in [0, 0.05) is 45.7 Å². The Morgan fingerprint density at radius 3 is 2.50 bits per heavy atom. The van der Waals surface area contributed by atoms with Gasteiger partial charge in [0.25, 0.3) is 0 Å². The third-order valence-corrected chi connectivity index (χ3v) is 4.37. The molecular formula is C17H24N2O3. The van der Waals surface area contributed by atoms with Crippen molar-refractivity contribution in [3.8, 4) is 11.5 Å². The summed E-state index contributed by atoms with van der Waals surface area (Å²) in [5.74, 6) is 1.81. The van der Waals surface area contributed by atoms with Crippen molar-refractivity contribution in [2.24, 2.45) is 0 Å². The molecule has 0 bridgehead atoms. The molecule has 0 amide bonds. The van der Waals surface area contributed by atoms with E-state index in [0.29, 0.717) is 19.6 Å². The van der Waals surface area contributed by atoms with Crippen molar-refractivity contribution in [1.29, 1.82) is 0 Å². The van der Waals surface area contributed by atoms with Gasteiger partial charge in [-0.15, -0.1) is 0 Å². The van der Waals surface area contributed by atoms with Crippen LogP contribution in [-0.4, -0.2) is 68.6 Å². The van der Waals surface area contributed by atoms with E-state index in [9.17, 15) is 4.79 Å². The van der Waals surface area contributed by atoms with Crippen LogP contribution in [-0.2, 0) is 11.2 Å².